The second-order valence-electron chi connectivity index (χ2n) is 8.28. The number of carbonyl (C=O) groups excluding carboxylic acids is 1. The lowest BCUT2D eigenvalue weighted by atomic mass is 10.00. The highest BCUT2D eigenvalue weighted by Gasteiger charge is 2.27. The molecule has 0 N–H and O–H groups in total. The third-order valence-corrected chi connectivity index (χ3v) is 6.16. The van der Waals surface area contributed by atoms with E-state index in [-0.39, 0.29) is 5.97 Å². The van der Waals surface area contributed by atoms with E-state index in [9.17, 15) is 4.79 Å². The number of aromatic nitrogens is 1. The molecule has 2 aromatic carbocycles. The van der Waals surface area contributed by atoms with Crippen molar-refractivity contribution in [1.29, 1.82) is 0 Å². The Labute approximate surface area is 182 Å². The smallest absolute Gasteiger partial charge is 0.332 e. The first kappa shape index (κ1) is 19.9. The summed E-state index contributed by atoms with van der Waals surface area (Å²) in [6.07, 6.45) is 7.15. The maximum Gasteiger partial charge on any atom is 0.332 e. The summed E-state index contributed by atoms with van der Waals surface area (Å²) in [4.78, 5) is 20.8. The largest absolute Gasteiger partial charge is 0.489 e. The van der Waals surface area contributed by atoms with Gasteiger partial charge in [0.1, 0.15) is 12.4 Å². The Morgan fingerprint density at radius 2 is 1.94 bits per heavy atom. The van der Waals surface area contributed by atoms with E-state index in [1.165, 1.54) is 11.1 Å². The minimum Gasteiger partial charge on any atom is -0.489 e. The van der Waals surface area contributed by atoms with Crippen molar-refractivity contribution in [2.75, 3.05) is 19.7 Å². The number of ether oxygens (including phenoxy) is 1. The van der Waals surface area contributed by atoms with E-state index in [1.54, 1.807) is 4.73 Å². The number of nitrogens with zero attached hydrogens (tertiary/aromatic N) is 2. The normalized spacial score (nSPS) is 15.8. The van der Waals surface area contributed by atoms with Gasteiger partial charge in [0.15, 0.2) is 0 Å². The summed E-state index contributed by atoms with van der Waals surface area (Å²) in [6.45, 7) is 5.42. The van der Waals surface area contributed by atoms with Gasteiger partial charge in [-0.3, -0.25) is 4.90 Å². The maximum atomic E-state index is 12.4. The zero-order valence-electron chi connectivity index (χ0n) is 18.0. The van der Waals surface area contributed by atoms with Gasteiger partial charge in [-0.05, 0) is 42.2 Å². The fourth-order valence-electron chi connectivity index (χ4n) is 4.71. The molecule has 0 aliphatic carbocycles. The van der Waals surface area contributed by atoms with Gasteiger partial charge in [-0.2, -0.15) is 4.73 Å². The molecule has 0 fully saturated rings. The van der Waals surface area contributed by atoms with Gasteiger partial charge in [0.05, 0.1) is 11.2 Å². The van der Waals surface area contributed by atoms with Gasteiger partial charge < -0.3 is 9.57 Å². The second kappa shape index (κ2) is 8.60. The molecule has 3 aromatic rings. The van der Waals surface area contributed by atoms with Crippen LogP contribution >= 0.6 is 0 Å². The standard InChI is InChI=1S/C26H28N2O3/c1-2-7-25(29)31-28-22-14-16-27(18-19-8-4-3-5-9-19)15-13-20(22)26-21-10-6-17-30-24(21)12-11-23(26)28/h3-6,8-12H,2,7,13-18H2,1H3. The number of hydrogen-bond donors (Lipinski definition) is 0. The molecule has 1 aromatic heterocycles. The topological polar surface area (TPSA) is 43.7 Å². The van der Waals surface area contributed by atoms with Crippen LogP contribution in [0.4, 0.5) is 0 Å². The van der Waals surface area contributed by atoms with Crippen molar-refractivity contribution in [1.82, 2.24) is 9.63 Å². The van der Waals surface area contributed by atoms with Crippen LogP contribution in [0.25, 0.3) is 17.0 Å². The van der Waals surface area contributed by atoms with Gasteiger partial charge >= 0.3 is 5.97 Å². The first-order valence-electron chi connectivity index (χ1n) is 11.2. The quantitative estimate of drug-likeness (QED) is 0.618. The molecule has 31 heavy (non-hydrogen) atoms. The summed E-state index contributed by atoms with van der Waals surface area (Å²) in [5.41, 5.74) is 5.77. The number of hydrogen-bond acceptors (Lipinski definition) is 4. The summed E-state index contributed by atoms with van der Waals surface area (Å²) in [5, 5.41) is 1.16. The van der Waals surface area contributed by atoms with Crippen LogP contribution < -0.4 is 9.57 Å². The van der Waals surface area contributed by atoms with Crippen LogP contribution in [0.1, 0.15) is 42.1 Å². The molecule has 0 radical (unpaired) electrons. The van der Waals surface area contributed by atoms with Crippen molar-refractivity contribution in [3.63, 3.8) is 0 Å². The van der Waals surface area contributed by atoms with Crippen molar-refractivity contribution < 1.29 is 14.4 Å². The molecule has 0 saturated heterocycles. The van der Waals surface area contributed by atoms with Gasteiger partial charge in [0.2, 0.25) is 0 Å². The monoisotopic (exact) mass is 416 g/mol. The summed E-state index contributed by atoms with van der Waals surface area (Å²) in [5.74, 6) is 0.720. The van der Waals surface area contributed by atoms with Gasteiger partial charge in [0, 0.05) is 43.4 Å². The fourth-order valence-corrected chi connectivity index (χ4v) is 4.71. The summed E-state index contributed by atoms with van der Waals surface area (Å²) in [6, 6.07) is 14.6. The summed E-state index contributed by atoms with van der Waals surface area (Å²) >= 11 is 0. The molecule has 5 heteroatoms. The Balaban J connectivity index is 1.54. The van der Waals surface area contributed by atoms with E-state index < -0.39 is 0 Å². The second-order valence-corrected chi connectivity index (χ2v) is 8.28. The Kier molecular flexibility index (Phi) is 5.51. The predicted octanol–water partition coefficient (Wildman–Crippen LogP) is 4.40. The van der Waals surface area contributed by atoms with Gasteiger partial charge in [0.25, 0.3) is 0 Å². The summed E-state index contributed by atoms with van der Waals surface area (Å²) < 4.78 is 7.67. The van der Waals surface area contributed by atoms with Gasteiger partial charge in [-0.15, -0.1) is 0 Å². The highest BCUT2D eigenvalue weighted by atomic mass is 16.7. The minimum absolute atomic E-state index is 0.183. The minimum atomic E-state index is -0.183. The van der Waals surface area contributed by atoms with E-state index in [4.69, 9.17) is 9.57 Å². The van der Waals surface area contributed by atoms with Crippen molar-refractivity contribution >= 4 is 22.9 Å². The van der Waals surface area contributed by atoms with Crippen molar-refractivity contribution in [2.24, 2.45) is 0 Å². The number of rotatable bonds is 5. The Morgan fingerprint density at radius 3 is 2.77 bits per heavy atom. The molecule has 0 amide bonds. The third kappa shape index (κ3) is 3.86. The molecule has 2 aliphatic heterocycles. The van der Waals surface area contributed by atoms with E-state index in [1.807, 2.05) is 25.1 Å². The molecule has 3 heterocycles. The molecule has 0 bridgehead atoms. The lowest BCUT2D eigenvalue weighted by Crippen LogP contribution is -2.27. The number of carbonyl (C=O) groups is 1. The average molecular weight is 417 g/mol. The molecule has 0 saturated carbocycles. The zero-order valence-corrected chi connectivity index (χ0v) is 18.0. The highest BCUT2D eigenvalue weighted by Crippen LogP contribution is 2.38. The maximum absolute atomic E-state index is 12.4. The fraction of sp³-hybridized carbons (Fsp3) is 0.346. The average Bonchev–Trinajstić information content (AvgIpc) is 2.94. The van der Waals surface area contributed by atoms with Crippen molar-refractivity contribution in [3.05, 3.63) is 70.9 Å². The van der Waals surface area contributed by atoms with Gasteiger partial charge in [-0.1, -0.05) is 43.3 Å². The molecule has 2 aliphatic rings. The van der Waals surface area contributed by atoms with Crippen molar-refractivity contribution in [3.8, 4) is 5.75 Å². The van der Waals surface area contributed by atoms with Crippen LogP contribution in [0.3, 0.4) is 0 Å². The van der Waals surface area contributed by atoms with Crippen LogP contribution in [0, 0.1) is 0 Å². The van der Waals surface area contributed by atoms with Gasteiger partial charge in [-0.25, -0.2) is 4.79 Å². The number of benzene rings is 2. The van der Waals surface area contributed by atoms with E-state index >= 15 is 0 Å². The number of fused-ring (bicyclic) bond motifs is 5. The van der Waals surface area contributed by atoms with Crippen LogP contribution in [-0.2, 0) is 24.2 Å². The molecule has 5 rings (SSSR count). The zero-order chi connectivity index (χ0) is 21.2. The predicted molar refractivity (Wildman–Crippen MR) is 122 cm³/mol. The van der Waals surface area contributed by atoms with Crippen molar-refractivity contribution in [2.45, 2.75) is 39.2 Å². The summed E-state index contributed by atoms with van der Waals surface area (Å²) in [7, 11) is 0. The van der Waals surface area contributed by atoms with E-state index in [2.05, 4.69) is 41.3 Å². The van der Waals surface area contributed by atoms with E-state index in [0.717, 1.165) is 66.8 Å². The van der Waals surface area contributed by atoms with Crippen LogP contribution in [0.5, 0.6) is 5.75 Å². The molecular weight excluding hydrogens is 388 g/mol. The lowest BCUT2D eigenvalue weighted by Gasteiger charge is -2.20. The Morgan fingerprint density at radius 1 is 1.10 bits per heavy atom. The van der Waals surface area contributed by atoms with Crippen LogP contribution in [-0.4, -0.2) is 35.3 Å². The highest BCUT2D eigenvalue weighted by molar-refractivity contribution is 5.96. The Bertz CT molecular complexity index is 1130. The Hall–Kier alpha value is -3.05. The first-order valence-corrected chi connectivity index (χ1v) is 11.2. The molecule has 160 valence electrons. The molecule has 0 unspecified atom stereocenters. The van der Waals surface area contributed by atoms with Crippen LogP contribution in [0.15, 0.2) is 48.5 Å². The molecule has 0 spiro atoms. The lowest BCUT2D eigenvalue weighted by molar-refractivity contribution is -0.143. The first-order chi connectivity index (χ1) is 15.2. The third-order valence-electron chi connectivity index (χ3n) is 6.16. The molecule has 0 atom stereocenters. The van der Waals surface area contributed by atoms with E-state index in [0.29, 0.717) is 13.0 Å². The SMILES string of the molecule is CCCC(=O)On1c2c(c3c4c(ccc31)OCC=C4)CCN(Cc1ccccc1)CC2. The molecule has 5 nitrogen and oxygen atoms in total. The molecular formula is C26H28N2O3. The van der Waals surface area contributed by atoms with Crippen LogP contribution in [0.2, 0.25) is 0 Å².